The second kappa shape index (κ2) is 7.68. The molecule has 0 aliphatic carbocycles. The maximum Gasteiger partial charge on any atom is 0.262 e. The van der Waals surface area contributed by atoms with Crippen molar-refractivity contribution in [1.29, 1.82) is 0 Å². The zero-order chi connectivity index (χ0) is 14.6. The van der Waals surface area contributed by atoms with Crippen LogP contribution in [-0.2, 0) is 22.7 Å². The normalized spacial score (nSPS) is 19.9. The van der Waals surface area contributed by atoms with E-state index in [2.05, 4.69) is 10.6 Å². The van der Waals surface area contributed by atoms with Gasteiger partial charge >= 0.3 is 0 Å². The van der Waals surface area contributed by atoms with E-state index < -0.39 is 30.8 Å². The van der Waals surface area contributed by atoms with Crippen LogP contribution in [0.25, 0.3) is 0 Å². The standard InChI is InChI=1S/C14H18F2N2O2.ClH/c1-20-8-11-5-3-2-4-10(11)7-17-13(19)12-6-14(15,16)9-18-12;/h2-5,12,18H,6-9H2,1H3,(H,17,19);1H. The molecule has 1 aliphatic heterocycles. The highest BCUT2D eigenvalue weighted by molar-refractivity contribution is 5.85. The first-order chi connectivity index (χ1) is 9.52. The Morgan fingerprint density at radius 2 is 2.10 bits per heavy atom. The van der Waals surface area contributed by atoms with Gasteiger partial charge in [0.15, 0.2) is 0 Å². The predicted octanol–water partition coefficient (Wildman–Crippen LogP) is 1.87. The van der Waals surface area contributed by atoms with Crippen LogP contribution in [0.3, 0.4) is 0 Å². The molecule has 1 saturated heterocycles. The van der Waals surface area contributed by atoms with Crippen molar-refractivity contribution in [1.82, 2.24) is 10.6 Å². The number of hydrogen-bond donors (Lipinski definition) is 2. The van der Waals surface area contributed by atoms with Crippen LogP contribution in [0, 0.1) is 0 Å². The number of alkyl halides is 2. The van der Waals surface area contributed by atoms with Gasteiger partial charge in [-0.3, -0.25) is 10.1 Å². The molecule has 21 heavy (non-hydrogen) atoms. The Morgan fingerprint density at radius 1 is 1.43 bits per heavy atom. The van der Waals surface area contributed by atoms with Crippen LogP contribution in [0.15, 0.2) is 24.3 Å². The summed E-state index contributed by atoms with van der Waals surface area (Å²) in [7, 11) is 1.60. The average Bonchev–Trinajstić information content (AvgIpc) is 2.78. The molecule has 0 saturated carbocycles. The molecule has 0 radical (unpaired) electrons. The van der Waals surface area contributed by atoms with E-state index in [1.165, 1.54) is 0 Å². The molecule has 1 aliphatic rings. The van der Waals surface area contributed by atoms with Crippen molar-refractivity contribution < 1.29 is 18.3 Å². The summed E-state index contributed by atoms with van der Waals surface area (Å²) in [5.74, 6) is -3.19. The number of methoxy groups -OCH3 is 1. The second-order valence-electron chi connectivity index (χ2n) is 4.91. The van der Waals surface area contributed by atoms with Crippen LogP contribution in [-0.4, -0.2) is 31.5 Å². The van der Waals surface area contributed by atoms with Crippen molar-refractivity contribution >= 4 is 18.3 Å². The Balaban J connectivity index is 0.00000220. The monoisotopic (exact) mass is 320 g/mol. The number of amides is 1. The number of nitrogens with one attached hydrogen (secondary N) is 2. The minimum absolute atomic E-state index is 0. The predicted molar refractivity (Wildman–Crippen MR) is 77.6 cm³/mol. The van der Waals surface area contributed by atoms with Crippen molar-refractivity contribution in [2.45, 2.75) is 31.5 Å². The molecular formula is C14H19ClF2N2O2. The summed E-state index contributed by atoms with van der Waals surface area (Å²) < 4.78 is 31.1. The van der Waals surface area contributed by atoms with E-state index in [1.807, 2.05) is 24.3 Å². The molecule has 118 valence electrons. The summed E-state index contributed by atoms with van der Waals surface area (Å²) in [4.78, 5) is 11.8. The summed E-state index contributed by atoms with van der Waals surface area (Å²) in [6.45, 7) is 0.319. The van der Waals surface area contributed by atoms with Gasteiger partial charge in [-0.25, -0.2) is 8.78 Å². The van der Waals surface area contributed by atoms with Gasteiger partial charge in [0.05, 0.1) is 19.2 Å². The van der Waals surface area contributed by atoms with Gasteiger partial charge < -0.3 is 10.1 Å². The Morgan fingerprint density at radius 3 is 2.67 bits per heavy atom. The zero-order valence-electron chi connectivity index (χ0n) is 11.7. The fourth-order valence-corrected chi connectivity index (χ4v) is 2.23. The topological polar surface area (TPSA) is 50.4 Å². The Bertz CT molecular complexity index is 486. The van der Waals surface area contributed by atoms with Gasteiger partial charge in [-0.2, -0.15) is 0 Å². The molecular weight excluding hydrogens is 302 g/mol. The number of carbonyl (C=O) groups is 1. The minimum atomic E-state index is -2.80. The van der Waals surface area contributed by atoms with Gasteiger partial charge in [0.1, 0.15) is 0 Å². The smallest absolute Gasteiger partial charge is 0.262 e. The van der Waals surface area contributed by atoms with Crippen LogP contribution in [0.5, 0.6) is 0 Å². The molecule has 2 N–H and O–H groups in total. The Labute approximate surface area is 128 Å². The lowest BCUT2D eigenvalue weighted by Gasteiger charge is -2.13. The third-order valence-corrected chi connectivity index (χ3v) is 3.30. The van der Waals surface area contributed by atoms with Crippen molar-refractivity contribution in [3.63, 3.8) is 0 Å². The molecule has 0 spiro atoms. The average molecular weight is 321 g/mol. The molecule has 7 heteroatoms. The molecule has 1 aromatic carbocycles. The third kappa shape index (κ3) is 4.91. The highest BCUT2D eigenvalue weighted by atomic mass is 35.5. The lowest BCUT2D eigenvalue weighted by Crippen LogP contribution is -2.40. The van der Waals surface area contributed by atoms with E-state index in [-0.39, 0.29) is 12.4 Å². The largest absolute Gasteiger partial charge is 0.380 e. The molecule has 1 heterocycles. The summed E-state index contributed by atoms with van der Waals surface area (Å²) >= 11 is 0. The fraction of sp³-hybridized carbons (Fsp3) is 0.500. The van der Waals surface area contributed by atoms with Crippen molar-refractivity contribution in [2.75, 3.05) is 13.7 Å². The quantitative estimate of drug-likeness (QED) is 0.871. The second-order valence-corrected chi connectivity index (χ2v) is 4.91. The summed E-state index contributed by atoms with van der Waals surface area (Å²) in [5, 5.41) is 5.22. The maximum absolute atomic E-state index is 13.0. The Hall–Kier alpha value is -1.24. The summed E-state index contributed by atoms with van der Waals surface area (Å²) in [5.41, 5.74) is 1.90. The molecule has 4 nitrogen and oxygen atoms in total. The lowest BCUT2D eigenvalue weighted by molar-refractivity contribution is -0.123. The minimum Gasteiger partial charge on any atom is -0.380 e. The molecule has 1 atom stereocenters. The van der Waals surface area contributed by atoms with E-state index in [1.54, 1.807) is 7.11 Å². The van der Waals surface area contributed by atoms with Crippen LogP contribution in [0.1, 0.15) is 17.5 Å². The Kier molecular flexibility index (Phi) is 6.51. The molecule has 1 fully saturated rings. The van der Waals surface area contributed by atoms with Crippen molar-refractivity contribution in [3.05, 3.63) is 35.4 Å². The first-order valence-electron chi connectivity index (χ1n) is 6.46. The van der Waals surface area contributed by atoms with Gasteiger partial charge in [0, 0.05) is 20.1 Å². The van der Waals surface area contributed by atoms with E-state index in [0.717, 1.165) is 11.1 Å². The van der Waals surface area contributed by atoms with Crippen LogP contribution < -0.4 is 10.6 Å². The number of carbonyl (C=O) groups excluding carboxylic acids is 1. The zero-order valence-corrected chi connectivity index (χ0v) is 12.5. The number of hydrogen-bond acceptors (Lipinski definition) is 3. The van der Waals surface area contributed by atoms with E-state index in [4.69, 9.17) is 4.74 Å². The highest BCUT2D eigenvalue weighted by Crippen LogP contribution is 2.25. The molecule has 1 unspecified atom stereocenters. The molecule has 1 aromatic rings. The SMILES string of the molecule is COCc1ccccc1CNC(=O)C1CC(F)(F)CN1.Cl. The first kappa shape index (κ1) is 17.8. The van der Waals surface area contributed by atoms with Crippen molar-refractivity contribution in [3.8, 4) is 0 Å². The van der Waals surface area contributed by atoms with E-state index in [9.17, 15) is 13.6 Å². The third-order valence-electron chi connectivity index (χ3n) is 3.30. The molecule has 1 amide bonds. The molecule has 0 bridgehead atoms. The number of ether oxygens (including phenoxy) is 1. The first-order valence-corrected chi connectivity index (χ1v) is 6.46. The van der Waals surface area contributed by atoms with Gasteiger partial charge in [0.2, 0.25) is 5.91 Å². The molecule has 2 rings (SSSR count). The molecule has 0 aromatic heterocycles. The van der Waals surface area contributed by atoms with Crippen LogP contribution in [0.4, 0.5) is 8.78 Å². The van der Waals surface area contributed by atoms with Crippen molar-refractivity contribution in [2.24, 2.45) is 0 Å². The summed E-state index contributed by atoms with van der Waals surface area (Å²) in [6.07, 6.45) is -0.446. The number of benzene rings is 1. The van der Waals surface area contributed by atoms with Crippen LogP contribution >= 0.6 is 12.4 Å². The highest BCUT2D eigenvalue weighted by Gasteiger charge is 2.42. The van der Waals surface area contributed by atoms with Gasteiger partial charge in [-0.05, 0) is 11.1 Å². The maximum atomic E-state index is 13.0. The number of rotatable bonds is 5. The van der Waals surface area contributed by atoms with E-state index in [0.29, 0.717) is 13.2 Å². The van der Waals surface area contributed by atoms with E-state index >= 15 is 0 Å². The van der Waals surface area contributed by atoms with Gasteiger partial charge in [-0.15, -0.1) is 12.4 Å². The van der Waals surface area contributed by atoms with Gasteiger partial charge in [-0.1, -0.05) is 24.3 Å². The lowest BCUT2D eigenvalue weighted by atomic mass is 10.1. The van der Waals surface area contributed by atoms with Crippen LogP contribution in [0.2, 0.25) is 0 Å². The fourth-order valence-electron chi connectivity index (χ4n) is 2.23. The summed E-state index contributed by atoms with van der Waals surface area (Å²) in [6, 6.07) is 6.72. The van der Waals surface area contributed by atoms with Gasteiger partial charge in [0.25, 0.3) is 5.92 Å². The number of halogens is 3.